The van der Waals surface area contributed by atoms with Crippen molar-refractivity contribution in [2.75, 3.05) is 26.4 Å². The highest BCUT2D eigenvalue weighted by atomic mass is 28.3. The van der Waals surface area contributed by atoms with Crippen LogP contribution in [0.5, 0.6) is 0 Å². The van der Waals surface area contributed by atoms with E-state index in [2.05, 4.69) is 199 Å². The van der Waals surface area contributed by atoms with E-state index < -0.39 is 8.07 Å². The van der Waals surface area contributed by atoms with Crippen LogP contribution in [0.4, 0.5) is 0 Å². The summed E-state index contributed by atoms with van der Waals surface area (Å²) in [7, 11) is -0.611. The Kier molecular flexibility index (Phi) is 64.4. The van der Waals surface area contributed by atoms with Crippen LogP contribution < -0.4 is 0 Å². The summed E-state index contributed by atoms with van der Waals surface area (Å²) >= 11 is 0. The highest BCUT2D eigenvalue weighted by Crippen LogP contribution is 2.36. The first-order valence-corrected chi connectivity index (χ1v) is 36.6. The molecule has 8 heteroatoms. The number of hydrogen-bond acceptors (Lipinski definition) is 7. The zero-order valence-corrected chi connectivity index (χ0v) is 63.6. The predicted octanol–water partition coefficient (Wildman–Crippen LogP) is 23.7. The van der Waals surface area contributed by atoms with Gasteiger partial charge in [0, 0.05) is 34.5 Å². The van der Waals surface area contributed by atoms with Crippen LogP contribution in [0.1, 0.15) is 326 Å². The molecule has 0 bridgehead atoms. The maximum atomic E-state index is 5.69. The molecule has 0 N–H and O–H groups in total. The van der Waals surface area contributed by atoms with E-state index in [0.717, 1.165) is 26.4 Å². The molecule has 7 nitrogen and oxygen atoms in total. The lowest BCUT2D eigenvalue weighted by Gasteiger charge is -2.34. The highest BCUT2D eigenvalue weighted by molar-refractivity contribution is 6.74. The molecule has 0 aromatic carbocycles. The average Bonchev–Trinajstić information content (AvgIpc) is 3.18. The summed E-state index contributed by atoms with van der Waals surface area (Å²) in [6.07, 6.45) is 21.4. The molecule has 1 atom stereocenters. The van der Waals surface area contributed by atoms with E-state index in [1.807, 2.05) is 69.2 Å². The molecular formula is C71H160O7Si. The van der Waals surface area contributed by atoms with Crippen molar-refractivity contribution >= 4 is 8.07 Å². The zero-order valence-electron chi connectivity index (χ0n) is 62.6. The Balaban J connectivity index is -0.000000118. The van der Waals surface area contributed by atoms with Crippen molar-refractivity contribution in [1.29, 1.82) is 0 Å². The molecule has 0 spiro atoms. The van der Waals surface area contributed by atoms with E-state index in [4.69, 9.17) is 33.2 Å². The van der Waals surface area contributed by atoms with Gasteiger partial charge in [-0.25, -0.2) is 0 Å². The quantitative estimate of drug-likeness (QED) is 0.191. The Hall–Kier alpha value is -0.0631. The van der Waals surface area contributed by atoms with E-state index in [-0.39, 0.29) is 11.2 Å². The second kappa shape index (κ2) is 53.4. The standard InChI is InChI=1S/C9H18O.C8H16.C8H18.2C7H16O.C6H12O.2C6H14O.C5H12O.C5H12.C4H12Si/c1-8(2)10-9-6-4-3-5-7-9;1-8(2)6-4-3-5-7-8;1-7(2,3)8(4,5)6;1-6(2)8-7(3,4)5;1-6(2)5-8-7(3)4;1-6-4-2-3-5-7-6;1-5-7-6(2,3)4;1-5(2)7-6(3)4;1-4-6-5(2)3;2*1-5(2,3)4/h8-9H,3-7H2,1-2H3;3-7H2,1-2H3;1-6H3;6H,1-5H3;6-7H,5H2,1-4H3;6H,2-5H2,1H3;5H2,1-4H3;5-6H,1-4H3;5H,4H2,1-3H3;2*1-4H3. The van der Waals surface area contributed by atoms with Crippen molar-refractivity contribution < 1.29 is 33.2 Å². The summed E-state index contributed by atoms with van der Waals surface area (Å²) in [5.41, 5.74) is 2.13. The molecule has 3 rings (SSSR count). The van der Waals surface area contributed by atoms with Gasteiger partial charge in [-0.15, -0.1) is 0 Å². The fraction of sp³-hybridized carbons (Fsp3) is 1.00. The Morgan fingerprint density at radius 2 is 0.835 bits per heavy atom. The first kappa shape index (κ1) is 95.3. The number of rotatable bonds is 11. The molecule has 79 heavy (non-hydrogen) atoms. The highest BCUT2D eigenvalue weighted by Gasteiger charge is 2.27. The first-order chi connectivity index (χ1) is 35.1. The van der Waals surface area contributed by atoms with Gasteiger partial charge < -0.3 is 33.2 Å². The second-order valence-corrected chi connectivity index (χ2v) is 38.2. The molecular weight excluding hydrogens is 993 g/mol. The van der Waals surface area contributed by atoms with Crippen molar-refractivity contribution in [2.45, 2.75) is 412 Å². The molecule has 1 saturated heterocycles. The molecule has 0 radical (unpaired) electrons. The largest absolute Gasteiger partial charge is 0.379 e. The van der Waals surface area contributed by atoms with Gasteiger partial charge in [0.25, 0.3) is 0 Å². The lowest BCUT2D eigenvalue weighted by molar-refractivity contribution is -0.0425. The lowest BCUT2D eigenvalue weighted by atomic mass is 9.71. The maximum Gasteiger partial charge on any atom is 0.0601 e. The maximum absolute atomic E-state index is 5.69. The van der Waals surface area contributed by atoms with Gasteiger partial charge in [-0.2, -0.15) is 0 Å². The Morgan fingerprint density at radius 3 is 0.962 bits per heavy atom. The Morgan fingerprint density at radius 1 is 0.468 bits per heavy atom. The van der Waals surface area contributed by atoms with E-state index in [0.29, 0.717) is 76.4 Å². The summed E-state index contributed by atoms with van der Waals surface area (Å²) < 4.78 is 37.2. The molecule has 3 fully saturated rings. The van der Waals surface area contributed by atoms with E-state index in [1.54, 1.807) is 0 Å². The summed E-state index contributed by atoms with van der Waals surface area (Å²) in [5, 5.41) is 0. The minimum atomic E-state index is -0.611. The topological polar surface area (TPSA) is 64.6 Å². The Labute approximate surface area is 505 Å². The van der Waals surface area contributed by atoms with Crippen LogP contribution in [-0.4, -0.2) is 94.5 Å². The van der Waals surface area contributed by atoms with Crippen LogP contribution >= 0.6 is 0 Å². The normalized spacial score (nSPS) is 16.7. The molecule has 490 valence electrons. The molecule has 1 aliphatic heterocycles. The van der Waals surface area contributed by atoms with Crippen molar-refractivity contribution in [3.63, 3.8) is 0 Å². The van der Waals surface area contributed by atoms with E-state index in [1.165, 1.54) is 83.5 Å². The average molecular weight is 1150 g/mol. The summed E-state index contributed by atoms with van der Waals surface area (Å²) in [6.45, 7) is 87.4. The third-order valence-electron chi connectivity index (χ3n) is 10.9. The monoisotopic (exact) mass is 1150 g/mol. The van der Waals surface area contributed by atoms with Gasteiger partial charge in [0.2, 0.25) is 0 Å². The van der Waals surface area contributed by atoms with Gasteiger partial charge in [0.05, 0.1) is 60.0 Å². The van der Waals surface area contributed by atoms with Gasteiger partial charge in [-0.1, -0.05) is 162 Å². The van der Waals surface area contributed by atoms with Crippen LogP contribution in [-0.2, 0) is 33.2 Å². The van der Waals surface area contributed by atoms with Crippen molar-refractivity contribution in [3.8, 4) is 0 Å². The van der Waals surface area contributed by atoms with Crippen molar-refractivity contribution in [3.05, 3.63) is 0 Å². The number of hydrogen-bond donors (Lipinski definition) is 0. The van der Waals surface area contributed by atoms with Gasteiger partial charge in [-0.05, 0) is 218 Å². The molecule has 3 aliphatic rings. The first-order valence-electron chi connectivity index (χ1n) is 32.6. The van der Waals surface area contributed by atoms with Gasteiger partial charge in [0.15, 0.2) is 0 Å². The van der Waals surface area contributed by atoms with Crippen LogP contribution in [0.15, 0.2) is 0 Å². The summed E-state index contributed by atoms with van der Waals surface area (Å²) in [5.74, 6) is 0.664. The van der Waals surface area contributed by atoms with Crippen LogP contribution in [0.25, 0.3) is 0 Å². The molecule has 1 unspecified atom stereocenters. The van der Waals surface area contributed by atoms with Gasteiger partial charge >= 0.3 is 0 Å². The smallest absolute Gasteiger partial charge is 0.0601 e. The molecule has 0 amide bonds. The molecule has 0 aromatic heterocycles. The Bertz CT molecular complexity index is 1110. The van der Waals surface area contributed by atoms with Crippen LogP contribution in [0.2, 0.25) is 26.2 Å². The fourth-order valence-electron chi connectivity index (χ4n) is 6.40. The van der Waals surface area contributed by atoms with Crippen LogP contribution in [0, 0.1) is 27.6 Å². The number of ether oxygens (including phenoxy) is 7. The zero-order chi connectivity index (χ0) is 64.7. The summed E-state index contributed by atoms with van der Waals surface area (Å²) in [6, 6.07) is 0. The molecule has 0 aromatic rings. The third kappa shape index (κ3) is 125. The third-order valence-corrected chi connectivity index (χ3v) is 10.9. The fourth-order valence-corrected chi connectivity index (χ4v) is 6.40. The lowest BCUT2D eigenvalue weighted by Crippen LogP contribution is -2.25. The molecule has 1 heterocycles. The van der Waals surface area contributed by atoms with Crippen molar-refractivity contribution in [2.24, 2.45) is 27.6 Å². The predicted molar refractivity (Wildman–Crippen MR) is 364 cm³/mol. The second-order valence-electron chi connectivity index (χ2n) is 32.2. The molecule has 2 aliphatic carbocycles. The SMILES string of the molecule is CC(C)(C)C.CC(C)(C)C(C)(C)C.CC(C)COC(C)C.CC(C)OC(C)(C)C.CC(C)OC(C)C.CC(C)OC1CCCCC1.CC1(C)CCCCC1.CC1CCCCO1.CCOC(C)(C)C.CCOC(C)C.C[Si](C)(C)C. The minimum absolute atomic E-state index is 0.0220. The van der Waals surface area contributed by atoms with Crippen LogP contribution in [0.3, 0.4) is 0 Å². The van der Waals surface area contributed by atoms with E-state index in [9.17, 15) is 0 Å². The van der Waals surface area contributed by atoms with Gasteiger partial charge in [0.1, 0.15) is 0 Å². The van der Waals surface area contributed by atoms with Gasteiger partial charge in [-0.3, -0.25) is 0 Å². The minimum Gasteiger partial charge on any atom is -0.379 e. The van der Waals surface area contributed by atoms with E-state index >= 15 is 0 Å². The summed E-state index contributed by atoms with van der Waals surface area (Å²) in [4.78, 5) is 0. The van der Waals surface area contributed by atoms with Crippen molar-refractivity contribution in [1.82, 2.24) is 0 Å². The molecule has 2 saturated carbocycles.